The summed E-state index contributed by atoms with van der Waals surface area (Å²) in [6.07, 6.45) is 5.74. The third-order valence-electron chi connectivity index (χ3n) is 3.37. The summed E-state index contributed by atoms with van der Waals surface area (Å²) in [6.45, 7) is 3.13. The van der Waals surface area contributed by atoms with Gasteiger partial charge in [0.05, 0.1) is 5.69 Å². The van der Waals surface area contributed by atoms with Crippen molar-refractivity contribution < 1.29 is 0 Å². The summed E-state index contributed by atoms with van der Waals surface area (Å²) in [4.78, 5) is 11.1. The molecule has 0 saturated heterocycles. The van der Waals surface area contributed by atoms with Crippen LogP contribution in [0.25, 0.3) is 5.78 Å². The molecule has 2 heterocycles. The minimum absolute atomic E-state index is 0. The maximum absolute atomic E-state index is 5.73. The van der Waals surface area contributed by atoms with Gasteiger partial charge in [-0.1, -0.05) is 30.3 Å². The van der Waals surface area contributed by atoms with E-state index in [-0.39, 0.29) is 12.4 Å². The summed E-state index contributed by atoms with van der Waals surface area (Å²) in [6, 6.07) is 12.3. The normalized spacial score (nSPS) is 10.8. The van der Waals surface area contributed by atoms with E-state index in [1.807, 2.05) is 28.9 Å². The van der Waals surface area contributed by atoms with Gasteiger partial charge in [0, 0.05) is 44.8 Å². The maximum atomic E-state index is 5.73. The fourth-order valence-electron chi connectivity index (χ4n) is 2.42. The van der Waals surface area contributed by atoms with Crippen molar-refractivity contribution in [3.63, 3.8) is 0 Å². The van der Waals surface area contributed by atoms with E-state index >= 15 is 0 Å². The molecule has 3 rings (SSSR count). The highest BCUT2D eigenvalue weighted by atomic mass is 35.5. The molecule has 3 aromatic rings. The number of imidazole rings is 1. The third kappa shape index (κ3) is 4.04. The molecule has 6 heteroatoms. The van der Waals surface area contributed by atoms with E-state index in [1.165, 1.54) is 5.56 Å². The second kappa shape index (κ2) is 7.89. The summed E-state index contributed by atoms with van der Waals surface area (Å²) in [5.74, 6) is 0.736. The van der Waals surface area contributed by atoms with Crippen LogP contribution in [-0.2, 0) is 13.1 Å². The number of hydrogen-bond donors (Lipinski definition) is 1. The Balaban J connectivity index is 0.00000176. The first kappa shape index (κ1) is 16.4. The van der Waals surface area contributed by atoms with Crippen LogP contribution in [0.4, 0.5) is 0 Å². The van der Waals surface area contributed by atoms with Gasteiger partial charge in [0.1, 0.15) is 0 Å². The number of hydrogen-bond acceptors (Lipinski definition) is 4. The Bertz CT molecular complexity index is 665. The number of aromatic nitrogens is 3. The predicted molar refractivity (Wildman–Crippen MR) is 89.8 cm³/mol. The second-order valence-electron chi connectivity index (χ2n) is 5.04. The summed E-state index contributed by atoms with van der Waals surface area (Å²) < 4.78 is 1.94. The lowest BCUT2D eigenvalue weighted by molar-refractivity contribution is 0.261. The van der Waals surface area contributed by atoms with Crippen molar-refractivity contribution in [2.75, 3.05) is 13.1 Å². The van der Waals surface area contributed by atoms with Gasteiger partial charge < -0.3 is 5.73 Å². The summed E-state index contributed by atoms with van der Waals surface area (Å²) >= 11 is 0. The molecule has 22 heavy (non-hydrogen) atoms. The number of halogens is 1. The van der Waals surface area contributed by atoms with Crippen molar-refractivity contribution in [1.82, 2.24) is 19.3 Å². The smallest absolute Gasteiger partial charge is 0.233 e. The molecule has 5 nitrogen and oxygen atoms in total. The fourth-order valence-corrected chi connectivity index (χ4v) is 2.42. The second-order valence-corrected chi connectivity index (χ2v) is 5.04. The molecule has 0 bridgehead atoms. The van der Waals surface area contributed by atoms with E-state index in [0.29, 0.717) is 6.54 Å². The van der Waals surface area contributed by atoms with Gasteiger partial charge in [-0.2, -0.15) is 0 Å². The minimum atomic E-state index is 0. The molecule has 0 radical (unpaired) electrons. The first-order valence-electron chi connectivity index (χ1n) is 7.10. The van der Waals surface area contributed by atoms with Crippen LogP contribution in [0.15, 0.2) is 55.0 Å². The average Bonchev–Trinajstić information content (AvgIpc) is 2.90. The number of nitrogens with zero attached hydrogens (tertiary/aromatic N) is 4. The Morgan fingerprint density at radius 2 is 1.91 bits per heavy atom. The van der Waals surface area contributed by atoms with Crippen LogP contribution < -0.4 is 5.73 Å². The van der Waals surface area contributed by atoms with Crippen LogP contribution in [0.3, 0.4) is 0 Å². The van der Waals surface area contributed by atoms with Crippen LogP contribution in [0, 0.1) is 0 Å². The van der Waals surface area contributed by atoms with Crippen molar-refractivity contribution in [2.24, 2.45) is 5.73 Å². The SMILES string of the molecule is Cl.NCCN(Cc1ccccc1)Cc1cn2cccnc2n1. The molecule has 2 N–H and O–H groups in total. The van der Waals surface area contributed by atoms with Gasteiger partial charge in [0.2, 0.25) is 5.78 Å². The average molecular weight is 318 g/mol. The van der Waals surface area contributed by atoms with Crippen molar-refractivity contribution in [2.45, 2.75) is 13.1 Å². The first-order chi connectivity index (χ1) is 10.3. The zero-order valence-electron chi connectivity index (χ0n) is 12.3. The first-order valence-corrected chi connectivity index (χ1v) is 7.10. The monoisotopic (exact) mass is 317 g/mol. The molecule has 2 aromatic heterocycles. The molecule has 0 unspecified atom stereocenters. The Morgan fingerprint density at radius 1 is 1.09 bits per heavy atom. The van der Waals surface area contributed by atoms with Crippen LogP contribution in [-0.4, -0.2) is 32.4 Å². The summed E-state index contributed by atoms with van der Waals surface area (Å²) in [7, 11) is 0. The summed E-state index contributed by atoms with van der Waals surface area (Å²) in [5, 5.41) is 0. The number of rotatable bonds is 6. The Labute approximate surface area is 136 Å². The molecule has 0 aliphatic rings. The molecular weight excluding hydrogens is 298 g/mol. The standard InChI is InChI=1S/C16H19N5.ClH/c17-7-10-20(11-14-5-2-1-3-6-14)12-15-13-21-9-4-8-18-16(21)19-15;/h1-6,8-9,13H,7,10-12,17H2;1H. The molecule has 0 amide bonds. The highest BCUT2D eigenvalue weighted by molar-refractivity contribution is 5.85. The third-order valence-corrected chi connectivity index (χ3v) is 3.37. The van der Waals surface area contributed by atoms with Crippen LogP contribution in [0.5, 0.6) is 0 Å². The van der Waals surface area contributed by atoms with E-state index in [4.69, 9.17) is 5.73 Å². The molecule has 0 aliphatic heterocycles. The molecule has 0 fully saturated rings. The van der Waals surface area contributed by atoms with Crippen molar-refractivity contribution in [3.05, 3.63) is 66.2 Å². The lowest BCUT2D eigenvalue weighted by atomic mass is 10.2. The number of benzene rings is 1. The highest BCUT2D eigenvalue weighted by Gasteiger charge is 2.09. The van der Waals surface area contributed by atoms with E-state index < -0.39 is 0 Å². The molecule has 0 spiro atoms. The largest absolute Gasteiger partial charge is 0.329 e. The molecule has 1 aromatic carbocycles. The zero-order chi connectivity index (χ0) is 14.5. The van der Waals surface area contributed by atoms with Crippen LogP contribution in [0.1, 0.15) is 11.3 Å². The molecular formula is C16H20ClN5. The van der Waals surface area contributed by atoms with Gasteiger partial charge >= 0.3 is 0 Å². The van der Waals surface area contributed by atoms with E-state index in [9.17, 15) is 0 Å². The molecule has 116 valence electrons. The van der Waals surface area contributed by atoms with Crippen molar-refractivity contribution in [3.8, 4) is 0 Å². The van der Waals surface area contributed by atoms with Gasteiger partial charge in [0.25, 0.3) is 0 Å². The van der Waals surface area contributed by atoms with Crippen LogP contribution >= 0.6 is 12.4 Å². The maximum Gasteiger partial charge on any atom is 0.233 e. The van der Waals surface area contributed by atoms with Gasteiger partial charge in [0.15, 0.2) is 0 Å². The fraction of sp³-hybridized carbons (Fsp3) is 0.250. The Hall–Kier alpha value is -1.95. The molecule has 0 saturated carbocycles. The number of nitrogens with two attached hydrogens (primary N) is 1. The van der Waals surface area contributed by atoms with Gasteiger partial charge in [-0.25, -0.2) is 9.97 Å². The summed E-state index contributed by atoms with van der Waals surface area (Å²) in [5.41, 5.74) is 8.03. The van der Waals surface area contributed by atoms with Crippen molar-refractivity contribution in [1.29, 1.82) is 0 Å². The van der Waals surface area contributed by atoms with Gasteiger partial charge in [-0.15, -0.1) is 12.4 Å². The van der Waals surface area contributed by atoms with Gasteiger partial charge in [-0.05, 0) is 11.6 Å². The lowest BCUT2D eigenvalue weighted by Gasteiger charge is -2.20. The Kier molecular flexibility index (Phi) is 5.89. The molecule has 0 atom stereocenters. The molecule has 0 aliphatic carbocycles. The van der Waals surface area contributed by atoms with E-state index in [2.05, 4.69) is 39.1 Å². The number of fused-ring (bicyclic) bond motifs is 1. The van der Waals surface area contributed by atoms with Crippen LogP contribution in [0.2, 0.25) is 0 Å². The zero-order valence-corrected chi connectivity index (χ0v) is 13.1. The minimum Gasteiger partial charge on any atom is -0.329 e. The van der Waals surface area contributed by atoms with Gasteiger partial charge in [-0.3, -0.25) is 9.30 Å². The quantitative estimate of drug-likeness (QED) is 0.756. The lowest BCUT2D eigenvalue weighted by Crippen LogP contribution is -2.28. The highest BCUT2D eigenvalue weighted by Crippen LogP contribution is 2.09. The van der Waals surface area contributed by atoms with Crippen molar-refractivity contribution >= 4 is 18.2 Å². The predicted octanol–water partition coefficient (Wildman–Crippen LogP) is 2.11. The Morgan fingerprint density at radius 3 is 2.64 bits per heavy atom. The van der Waals surface area contributed by atoms with E-state index in [0.717, 1.165) is 31.1 Å². The topological polar surface area (TPSA) is 59.5 Å². The van der Waals surface area contributed by atoms with E-state index in [1.54, 1.807) is 6.20 Å².